The van der Waals surface area contributed by atoms with Crippen LogP contribution in [-0.2, 0) is 4.79 Å². The third-order valence-electron chi connectivity index (χ3n) is 3.50. The van der Waals surface area contributed by atoms with Crippen molar-refractivity contribution in [2.45, 2.75) is 19.3 Å². The van der Waals surface area contributed by atoms with Gasteiger partial charge in [0.25, 0.3) is 0 Å². The van der Waals surface area contributed by atoms with E-state index in [1.165, 1.54) is 7.11 Å². The van der Waals surface area contributed by atoms with Crippen molar-refractivity contribution in [1.29, 1.82) is 0 Å². The number of hydrogen-bond donors (Lipinski definition) is 2. The van der Waals surface area contributed by atoms with E-state index in [9.17, 15) is 9.90 Å². The standard InChI is InChI=1S/C13H16ClNO3/c1-18-11-4-3-9(14)7-10(11)15-12(17)13(8-16)5-2-6-13/h3-4,7,16H,2,5-6,8H2,1H3,(H,15,17). The fraction of sp³-hybridized carbons (Fsp3) is 0.462. The first kappa shape index (κ1) is 13.2. The lowest BCUT2D eigenvalue weighted by atomic mass is 9.68. The number of anilines is 1. The number of benzene rings is 1. The lowest BCUT2D eigenvalue weighted by Gasteiger charge is -2.38. The quantitative estimate of drug-likeness (QED) is 0.883. The zero-order chi connectivity index (χ0) is 13.2. The minimum absolute atomic E-state index is 0.123. The normalized spacial score (nSPS) is 16.8. The number of nitrogens with one attached hydrogen (secondary N) is 1. The van der Waals surface area contributed by atoms with E-state index in [1.54, 1.807) is 18.2 Å². The number of hydrogen-bond acceptors (Lipinski definition) is 3. The minimum Gasteiger partial charge on any atom is -0.495 e. The Labute approximate surface area is 111 Å². The Morgan fingerprint density at radius 2 is 2.28 bits per heavy atom. The summed E-state index contributed by atoms with van der Waals surface area (Å²) in [7, 11) is 1.53. The van der Waals surface area contributed by atoms with E-state index in [1.807, 2.05) is 0 Å². The third kappa shape index (κ3) is 2.31. The lowest BCUT2D eigenvalue weighted by molar-refractivity contribution is -0.133. The number of methoxy groups -OCH3 is 1. The van der Waals surface area contributed by atoms with E-state index in [2.05, 4.69) is 5.32 Å². The second-order valence-corrected chi connectivity index (χ2v) is 5.03. The fourth-order valence-corrected chi connectivity index (χ4v) is 2.27. The number of carbonyl (C=O) groups is 1. The van der Waals surface area contributed by atoms with Gasteiger partial charge in [0.2, 0.25) is 5.91 Å². The molecule has 0 spiro atoms. The third-order valence-corrected chi connectivity index (χ3v) is 3.74. The topological polar surface area (TPSA) is 58.6 Å². The average Bonchev–Trinajstić information content (AvgIpc) is 2.28. The van der Waals surface area contributed by atoms with Gasteiger partial charge < -0.3 is 15.2 Å². The summed E-state index contributed by atoms with van der Waals surface area (Å²) in [6.45, 7) is -0.123. The summed E-state index contributed by atoms with van der Waals surface area (Å²) < 4.78 is 5.16. The molecule has 1 fully saturated rings. The summed E-state index contributed by atoms with van der Waals surface area (Å²) in [5, 5.41) is 12.7. The van der Waals surface area contributed by atoms with Crippen LogP contribution in [0.3, 0.4) is 0 Å². The number of ether oxygens (including phenoxy) is 1. The Bertz CT molecular complexity index is 452. The van der Waals surface area contributed by atoms with Crippen molar-refractivity contribution >= 4 is 23.2 Å². The first-order valence-corrected chi connectivity index (χ1v) is 6.25. The van der Waals surface area contributed by atoms with Crippen LogP contribution in [0.15, 0.2) is 18.2 Å². The van der Waals surface area contributed by atoms with Gasteiger partial charge in [-0.15, -0.1) is 0 Å². The van der Waals surface area contributed by atoms with E-state index in [-0.39, 0.29) is 12.5 Å². The first-order chi connectivity index (χ1) is 8.61. The van der Waals surface area contributed by atoms with Crippen molar-refractivity contribution in [3.05, 3.63) is 23.2 Å². The SMILES string of the molecule is COc1ccc(Cl)cc1NC(=O)C1(CO)CCC1. The van der Waals surface area contributed by atoms with Crippen LogP contribution in [-0.4, -0.2) is 24.7 Å². The second-order valence-electron chi connectivity index (χ2n) is 4.59. The molecule has 5 heteroatoms. The fourth-order valence-electron chi connectivity index (χ4n) is 2.09. The summed E-state index contributed by atoms with van der Waals surface area (Å²) in [5.74, 6) is 0.386. The zero-order valence-electron chi connectivity index (χ0n) is 10.2. The van der Waals surface area contributed by atoms with E-state index in [0.29, 0.717) is 16.5 Å². The second kappa shape index (κ2) is 5.16. The smallest absolute Gasteiger partial charge is 0.233 e. The molecular weight excluding hydrogens is 254 g/mol. The van der Waals surface area contributed by atoms with Crippen molar-refractivity contribution in [1.82, 2.24) is 0 Å². The van der Waals surface area contributed by atoms with Crippen molar-refractivity contribution in [2.75, 3.05) is 19.0 Å². The number of halogens is 1. The van der Waals surface area contributed by atoms with Crippen LogP contribution in [0.25, 0.3) is 0 Å². The molecule has 1 amide bonds. The molecule has 0 radical (unpaired) electrons. The molecule has 1 aromatic rings. The summed E-state index contributed by atoms with van der Waals surface area (Å²) in [4.78, 5) is 12.2. The van der Waals surface area contributed by atoms with Crippen molar-refractivity contribution in [2.24, 2.45) is 5.41 Å². The summed E-state index contributed by atoms with van der Waals surface area (Å²) >= 11 is 5.90. The van der Waals surface area contributed by atoms with Crippen LogP contribution in [0.1, 0.15) is 19.3 Å². The maximum Gasteiger partial charge on any atom is 0.233 e. The van der Waals surface area contributed by atoms with Gasteiger partial charge in [0.15, 0.2) is 0 Å². The molecule has 1 aromatic carbocycles. The molecule has 0 saturated heterocycles. The largest absolute Gasteiger partial charge is 0.495 e. The monoisotopic (exact) mass is 269 g/mol. The molecule has 98 valence electrons. The van der Waals surface area contributed by atoms with Gasteiger partial charge in [0, 0.05) is 5.02 Å². The number of amides is 1. The van der Waals surface area contributed by atoms with Gasteiger partial charge in [-0.1, -0.05) is 18.0 Å². The van der Waals surface area contributed by atoms with Crippen LogP contribution >= 0.6 is 11.6 Å². The first-order valence-electron chi connectivity index (χ1n) is 5.87. The zero-order valence-corrected chi connectivity index (χ0v) is 11.0. The molecular formula is C13H16ClNO3. The van der Waals surface area contributed by atoms with Gasteiger partial charge in [-0.05, 0) is 31.0 Å². The van der Waals surface area contributed by atoms with Crippen LogP contribution in [0.4, 0.5) is 5.69 Å². The Balaban J connectivity index is 2.18. The van der Waals surface area contributed by atoms with Gasteiger partial charge in [-0.3, -0.25) is 4.79 Å². The Morgan fingerprint density at radius 1 is 1.56 bits per heavy atom. The van der Waals surface area contributed by atoms with Crippen molar-refractivity contribution < 1.29 is 14.6 Å². The van der Waals surface area contributed by atoms with E-state index < -0.39 is 5.41 Å². The molecule has 0 aliphatic heterocycles. The lowest BCUT2D eigenvalue weighted by Crippen LogP contribution is -2.44. The molecule has 0 aromatic heterocycles. The summed E-state index contributed by atoms with van der Waals surface area (Å²) in [6.07, 6.45) is 2.41. The van der Waals surface area contributed by atoms with E-state index in [4.69, 9.17) is 16.3 Å². The number of aliphatic hydroxyl groups is 1. The highest BCUT2D eigenvalue weighted by atomic mass is 35.5. The highest BCUT2D eigenvalue weighted by Gasteiger charge is 2.43. The van der Waals surface area contributed by atoms with Gasteiger partial charge in [-0.2, -0.15) is 0 Å². The number of aliphatic hydroxyl groups excluding tert-OH is 1. The molecule has 0 heterocycles. The Kier molecular flexibility index (Phi) is 3.78. The van der Waals surface area contributed by atoms with Crippen LogP contribution in [0, 0.1) is 5.41 Å². The molecule has 2 rings (SSSR count). The van der Waals surface area contributed by atoms with Crippen LogP contribution in [0.2, 0.25) is 5.02 Å². The number of rotatable bonds is 4. The van der Waals surface area contributed by atoms with E-state index in [0.717, 1.165) is 19.3 Å². The Morgan fingerprint density at radius 3 is 2.78 bits per heavy atom. The molecule has 1 aliphatic carbocycles. The molecule has 0 bridgehead atoms. The predicted molar refractivity (Wildman–Crippen MR) is 70.0 cm³/mol. The van der Waals surface area contributed by atoms with Gasteiger partial charge in [-0.25, -0.2) is 0 Å². The highest BCUT2D eigenvalue weighted by Crippen LogP contribution is 2.42. The summed E-state index contributed by atoms with van der Waals surface area (Å²) in [6, 6.07) is 5.04. The van der Waals surface area contributed by atoms with E-state index >= 15 is 0 Å². The molecule has 1 saturated carbocycles. The van der Waals surface area contributed by atoms with Gasteiger partial charge in [0.1, 0.15) is 5.75 Å². The van der Waals surface area contributed by atoms with Gasteiger partial charge >= 0.3 is 0 Å². The average molecular weight is 270 g/mol. The molecule has 2 N–H and O–H groups in total. The molecule has 4 nitrogen and oxygen atoms in total. The minimum atomic E-state index is -0.632. The summed E-state index contributed by atoms with van der Waals surface area (Å²) in [5.41, 5.74) is -0.0948. The molecule has 1 aliphatic rings. The number of carbonyl (C=O) groups excluding carboxylic acids is 1. The van der Waals surface area contributed by atoms with Crippen LogP contribution in [0.5, 0.6) is 5.75 Å². The molecule has 0 atom stereocenters. The predicted octanol–water partition coefficient (Wildman–Crippen LogP) is 2.45. The maximum absolute atomic E-state index is 12.2. The van der Waals surface area contributed by atoms with Gasteiger partial charge in [0.05, 0.1) is 24.8 Å². The highest BCUT2D eigenvalue weighted by molar-refractivity contribution is 6.31. The Hall–Kier alpha value is -1.26. The van der Waals surface area contributed by atoms with Crippen LogP contribution < -0.4 is 10.1 Å². The van der Waals surface area contributed by atoms with Crippen molar-refractivity contribution in [3.63, 3.8) is 0 Å². The van der Waals surface area contributed by atoms with Crippen molar-refractivity contribution in [3.8, 4) is 5.75 Å². The molecule has 0 unspecified atom stereocenters. The molecule has 18 heavy (non-hydrogen) atoms. The maximum atomic E-state index is 12.2.